The standard InChI is InChI=1S/C18H20N6O3/c1-3-27-18(26)14-8-21-24-11-13(7-20-17(14)24)16-19-4-5-23(16)10-12-6-15(25)22(2)9-12/h4-5,7-8,11-12H,3,6,9-10H2,1-2H3. The number of esters is 1. The molecule has 0 bridgehead atoms. The second kappa shape index (κ2) is 6.82. The molecule has 1 saturated heterocycles. The zero-order valence-corrected chi connectivity index (χ0v) is 15.2. The van der Waals surface area contributed by atoms with Gasteiger partial charge in [0.1, 0.15) is 11.4 Å². The number of hydrogen-bond donors (Lipinski definition) is 0. The fourth-order valence-electron chi connectivity index (χ4n) is 3.42. The Hall–Kier alpha value is -3.23. The smallest absolute Gasteiger partial charge is 0.343 e. The van der Waals surface area contributed by atoms with Crippen LogP contribution in [0.4, 0.5) is 0 Å². The predicted octanol–water partition coefficient (Wildman–Crippen LogP) is 1.25. The van der Waals surface area contributed by atoms with Crippen LogP contribution in [0.15, 0.2) is 31.0 Å². The fraction of sp³-hybridized carbons (Fsp3) is 0.389. The number of carbonyl (C=O) groups is 2. The Balaban J connectivity index is 1.61. The summed E-state index contributed by atoms with van der Waals surface area (Å²) in [5.41, 5.74) is 1.56. The van der Waals surface area contributed by atoms with Gasteiger partial charge in [0.05, 0.1) is 18.4 Å². The summed E-state index contributed by atoms with van der Waals surface area (Å²) in [4.78, 5) is 34.3. The number of imidazole rings is 1. The van der Waals surface area contributed by atoms with Crippen molar-refractivity contribution in [1.29, 1.82) is 0 Å². The van der Waals surface area contributed by atoms with Crippen LogP contribution >= 0.6 is 0 Å². The number of amides is 1. The highest BCUT2D eigenvalue weighted by Crippen LogP contribution is 2.23. The van der Waals surface area contributed by atoms with Gasteiger partial charge in [-0.1, -0.05) is 0 Å². The molecule has 1 fully saturated rings. The quantitative estimate of drug-likeness (QED) is 0.629. The molecule has 0 radical (unpaired) electrons. The number of carbonyl (C=O) groups excluding carboxylic acids is 2. The van der Waals surface area contributed by atoms with Crippen molar-refractivity contribution in [3.63, 3.8) is 0 Å². The van der Waals surface area contributed by atoms with E-state index in [-0.39, 0.29) is 11.8 Å². The first kappa shape index (κ1) is 17.2. The average molecular weight is 368 g/mol. The monoisotopic (exact) mass is 368 g/mol. The van der Waals surface area contributed by atoms with Crippen molar-refractivity contribution >= 4 is 17.5 Å². The second-order valence-electron chi connectivity index (χ2n) is 6.64. The molecule has 4 heterocycles. The van der Waals surface area contributed by atoms with E-state index in [9.17, 15) is 9.59 Å². The zero-order valence-electron chi connectivity index (χ0n) is 15.2. The average Bonchev–Trinajstić information content (AvgIpc) is 3.34. The van der Waals surface area contributed by atoms with Crippen LogP contribution in [0.3, 0.4) is 0 Å². The lowest BCUT2D eigenvalue weighted by atomic mass is 10.1. The van der Waals surface area contributed by atoms with Crippen LogP contribution in [0.25, 0.3) is 17.0 Å². The van der Waals surface area contributed by atoms with Gasteiger partial charge in [-0.05, 0) is 6.92 Å². The second-order valence-corrected chi connectivity index (χ2v) is 6.64. The van der Waals surface area contributed by atoms with Gasteiger partial charge in [0.25, 0.3) is 0 Å². The Morgan fingerprint density at radius 2 is 2.19 bits per heavy atom. The third-order valence-electron chi connectivity index (χ3n) is 4.70. The lowest BCUT2D eigenvalue weighted by molar-refractivity contribution is -0.126. The van der Waals surface area contributed by atoms with Crippen molar-refractivity contribution in [2.24, 2.45) is 5.92 Å². The lowest BCUT2D eigenvalue weighted by Gasteiger charge is -2.13. The summed E-state index contributed by atoms with van der Waals surface area (Å²) in [5, 5.41) is 4.21. The summed E-state index contributed by atoms with van der Waals surface area (Å²) in [6.45, 7) is 3.50. The van der Waals surface area contributed by atoms with Gasteiger partial charge in [-0.2, -0.15) is 5.10 Å². The maximum Gasteiger partial charge on any atom is 0.343 e. The van der Waals surface area contributed by atoms with E-state index in [0.29, 0.717) is 30.8 Å². The highest BCUT2D eigenvalue weighted by molar-refractivity contribution is 5.95. The molecule has 1 aliphatic rings. The highest BCUT2D eigenvalue weighted by atomic mass is 16.5. The van der Waals surface area contributed by atoms with E-state index in [4.69, 9.17) is 4.74 Å². The van der Waals surface area contributed by atoms with Gasteiger partial charge in [-0.25, -0.2) is 19.3 Å². The number of hydrogen-bond acceptors (Lipinski definition) is 6. The third kappa shape index (κ3) is 3.16. The largest absolute Gasteiger partial charge is 0.462 e. The molecule has 0 spiro atoms. The molecule has 0 N–H and O–H groups in total. The highest BCUT2D eigenvalue weighted by Gasteiger charge is 2.27. The van der Waals surface area contributed by atoms with E-state index in [1.54, 1.807) is 34.9 Å². The van der Waals surface area contributed by atoms with Crippen molar-refractivity contribution in [2.75, 3.05) is 20.2 Å². The molecular weight excluding hydrogens is 348 g/mol. The number of ether oxygens (including phenoxy) is 1. The van der Waals surface area contributed by atoms with Crippen molar-refractivity contribution in [1.82, 2.24) is 29.0 Å². The van der Waals surface area contributed by atoms with Gasteiger partial charge >= 0.3 is 5.97 Å². The minimum Gasteiger partial charge on any atom is -0.462 e. The lowest BCUT2D eigenvalue weighted by Crippen LogP contribution is -2.20. The maximum atomic E-state index is 12.0. The van der Waals surface area contributed by atoms with Crippen molar-refractivity contribution in [3.05, 3.63) is 36.5 Å². The van der Waals surface area contributed by atoms with E-state index >= 15 is 0 Å². The molecule has 27 heavy (non-hydrogen) atoms. The van der Waals surface area contributed by atoms with Gasteiger partial charge in [-0.15, -0.1) is 0 Å². The van der Waals surface area contributed by atoms with E-state index in [0.717, 1.165) is 17.9 Å². The molecule has 9 heteroatoms. The molecular formula is C18H20N6O3. The van der Waals surface area contributed by atoms with Crippen LogP contribution in [0, 0.1) is 5.92 Å². The minimum atomic E-state index is -0.440. The van der Waals surface area contributed by atoms with Crippen LogP contribution in [0.2, 0.25) is 0 Å². The Kier molecular flexibility index (Phi) is 4.35. The fourth-order valence-corrected chi connectivity index (χ4v) is 3.42. The number of nitrogens with zero attached hydrogens (tertiary/aromatic N) is 6. The van der Waals surface area contributed by atoms with Crippen LogP contribution in [-0.2, 0) is 16.1 Å². The molecule has 4 rings (SSSR count). The summed E-state index contributed by atoms with van der Waals surface area (Å²) < 4.78 is 8.60. The molecule has 3 aromatic rings. The summed E-state index contributed by atoms with van der Waals surface area (Å²) in [6.07, 6.45) is 9.09. The Morgan fingerprint density at radius 1 is 1.33 bits per heavy atom. The van der Waals surface area contributed by atoms with E-state index in [1.807, 2.05) is 17.8 Å². The van der Waals surface area contributed by atoms with E-state index in [1.165, 1.54) is 6.20 Å². The summed E-state index contributed by atoms with van der Waals surface area (Å²) >= 11 is 0. The van der Waals surface area contributed by atoms with Crippen molar-refractivity contribution in [3.8, 4) is 11.4 Å². The first-order valence-electron chi connectivity index (χ1n) is 8.82. The topological polar surface area (TPSA) is 94.6 Å². The molecule has 1 atom stereocenters. The maximum absolute atomic E-state index is 12.0. The molecule has 9 nitrogen and oxygen atoms in total. The molecule has 1 amide bonds. The molecule has 140 valence electrons. The molecule has 3 aromatic heterocycles. The van der Waals surface area contributed by atoms with E-state index in [2.05, 4.69) is 15.1 Å². The molecule has 0 aliphatic carbocycles. The zero-order chi connectivity index (χ0) is 19.0. The minimum absolute atomic E-state index is 0.174. The van der Waals surface area contributed by atoms with Gasteiger partial charge in [0.15, 0.2) is 5.65 Å². The summed E-state index contributed by atoms with van der Waals surface area (Å²) in [5.74, 6) is 0.740. The van der Waals surface area contributed by atoms with Gasteiger partial charge < -0.3 is 14.2 Å². The number of likely N-dealkylation sites (tertiary alicyclic amines) is 1. The summed E-state index contributed by atoms with van der Waals surface area (Å²) in [6, 6.07) is 0. The molecule has 1 aliphatic heterocycles. The van der Waals surface area contributed by atoms with Gasteiger partial charge in [0.2, 0.25) is 5.91 Å². The Morgan fingerprint density at radius 3 is 2.93 bits per heavy atom. The number of rotatable bonds is 5. The van der Waals surface area contributed by atoms with Crippen LogP contribution in [0.5, 0.6) is 0 Å². The van der Waals surface area contributed by atoms with Crippen LogP contribution < -0.4 is 0 Å². The SMILES string of the molecule is CCOC(=O)c1cnn2cc(-c3nccn3CC3CC(=O)N(C)C3)cnc12. The van der Waals surface area contributed by atoms with Gasteiger partial charge in [-0.3, -0.25) is 4.79 Å². The van der Waals surface area contributed by atoms with E-state index < -0.39 is 5.97 Å². The normalized spacial score (nSPS) is 17.0. The molecule has 1 unspecified atom stereocenters. The summed E-state index contributed by atoms with van der Waals surface area (Å²) in [7, 11) is 1.83. The van der Waals surface area contributed by atoms with Crippen LogP contribution in [-0.4, -0.2) is 61.1 Å². The molecule has 0 saturated carbocycles. The first-order chi connectivity index (χ1) is 13.1. The van der Waals surface area contributed by atoms with Crippen LogP contribution in [0.1, 0.15) is 23.7 Å². The van der Waals surface area contributed by atoms with Crippen molar-refractivity contribution < 1.29 is 14.3 Å². The Labute approximate surface area is 155 Å². The Bertz CT molecular complexity index is 1010. The van der Waals surface area contributed by atoms with Gasteiger partial charge in [0, 0.05) is 57.3 Å². The molecule has 0 aromatic carbocycles. The number of fused-ring (bicyclic) bond motifs is 1. The number of aromatic nitrogens is 5. The first-order valence-corrected chi connectivity index (χ1v) is 8.82. The third-order valence-corrected chi connectivity index (χ3v) is 4.70. The van der Waals surface area contributed by atoms with Crippen molar-refractivity contribution in [2.45, 2.75) is 19.9 Å². The predicted molar refractivity (Wildman–Crippen MR) is 95.9 cm³/mol.